The molecule has 1 fully saturated rings. The first kappa shape index (κ1) is 11.9. The van der Waals surface area contributed by atoms with Crippen molar-refractivity contribution in [2.75, 3.05) is 25.1 Å². The number of hydrogen-bond acceptors (Lipinski definition) is 4. The highest BCUT2D eigenvalue weighted by atomic mass is 16.5. The molecule has 2 rings (SSSR count). The van der Waals surface area contributed by atoms with Crippen molar-refractivity contribution in [3.05, 3.63) is 23.9 Å². The predicted molar refractivity (Wildman–Crippen MR) is 66.2 cm³/mol. The summed E-state index contributed by atoms with van der Waals surface area (Å²) in [4.78, 5) is 18.1. The first-order chi connectivity index (χ1) is 8.22. The van der Waals surface area contributed by atoms with Gasteiger partial charge in [-0.05, 0) is 30.9 Å². The van der Waals surface area contributed by atoms with E-state index in [1.165, 1.54) is 7.11 Å². The molecule has 0 bridgehead atoms. The number of nitrogens with zero attached hydrogens (tertiary/aromatic N) is 2. The summed E-state index contributed by atoms with van der Waals surface area (Å²) in [6, 6.07) is 3.54. The molecule has 2 heterocycles. The van der Waals surface area contributed by atoms with Gasteiger partial charge in [0.1, 0.15) is 11.4 Å². The topological polar surface area (TPSA) is 42.4 Å². The van der Waals surface area contributed by atoms with Crippen LogP contribution < -0.4 is 4.90 Å². The molecule has 0 amide bonds. The number of aromatic nitrogens is 1. The summed E-state index contributed by atoms with van der Waals surface area (Å²) in [6.45, 7) is 4.18. The Hall–Kier alpha value is -1.58. The van der Waals surface area contributed by atoms with Crippen LogP contribution >= 0.6 is 0 Å². The number of rotatable bonds is 2. The predicted octanol–water partition coefficient (Wildman–Crippen LogP) is 2.10. The van der Waals surface area contributed by atoms with E-state index in [1.54, 1.807) is 18.3 Å². The Kier molecular flexibility index (Phi) is 3.61. The summed E-state index contributed by atoms with van der Waals surface area (Å²) >= 11 is 0. The standard InChI is InChI=1S/C13H18N2O2/c1-10-5-8-15(9-6-10)12-11(13(16)17-2)4-3-7-14-12/h3-4,7,10H,5-6,8-9H2,1-2H3. The van der Waals surface area contributed by atoms with Crippen molar-refractivity contribution in [3.8, 4) is 0 Å². The third kappa shape index (κ3) is 2.57. The van der Waals surface area contributed by atoms with Gasteiger partial charge in [0, 0.05) is 19.3 Å². The number of ether oxygens (including phenoxy) is 1. The van der Waals surface area contributed by atoms with Crippen LogP contribution in [0.1, 0.15) is 30.1 Å². The van der Waals surface area contributed by atoms with Gasteiger partial charge in [0.25, 0.3) is 0 Å². The maximum Gasteiger partial charge on any atom is 0.341 e. The minimum atomic E-state index is -0.313. The van der Waals surface area contributed by atoms with E-state index in [4.69, 9.17) is 4.74 Å². The van der Waals surface area contributed by atoms with Crippen LogP contribution in [0.5, 0.6) is 0 Å². The van der Waals surface area contributed by atoms with Gasteiger partial charge in [-0.25, -0.2) is 9.78 Å². The maximum atomic E-state index is 11.7. The third-order valence-electron chi connectivity index (χ3n) is 3.28. The lowest BCUT2D eigenvalue weighted by Crippen LogP contribution is -2.34. The molecule has 0 aromatic carbocycles. The second-order valence-electron chi connectivity index (χ2n) is 4.54. The Morgan fingerprint density at radius 1 is 1.47 bits per heavy atom. The molecule has 1 aromatic rings. The average Bonchev–Trinajstić information content (AvgIpc) is 2.39. The normalized spacial score (nSPS) is 16.9. The fourth-order valence-corrected chi connectivity index (χ4v) is 2.14. The molecule has 0 unspecified atom stereocenters. The van der Waals surface area contributed by atoms with E-state index in [0.29, 0.717) is 5.56 Å². The summed E-state index contributed by atoms with van der Waals surface area (Å²) in [6.07, 6.45) is 4.02. The Morgan fingerprint density at radius 2 is 2.18 bits per heavy atom. The van der Waals surface area contributed by atoms with Gasteiger partial charge in [-0.2, -0.15) is 0 Å². The van der Waals surface area contributed by atoms with Crippen molar-refractivity contribution < 1.29 is 9.53 Å². The zero-order chi connectivity index (χ0) is 12.3. The molecule has 0 spiro atoms. The molecular weight excluding hydrogens is 216 g/mol. The number of esters is 1. The highest BCUT2D eigenvalue weighted by molar-refractivity contribution is 5.94. The van der Waals surface area contributed by atoms with E-state index in [0.717, 1.165) is 37.7 Å². The first-order valence-corrected chi connectivity index (χ1v) is 6.00. The number of methoxy groups -OCH3 is 1. The molecule has 1 aromatic heterocycles. The van der Waals surface area contributed by atoms with E-state index < -0.39 is 0 Å². The van der Waals surface area contributed by atoms with Gasteiger partial charge in [0.05, 0.1) is 7.11 Å². The van der Waals surface area contributed by atoms with Crippen LogP contribution in [0.2, 0.25) is 0 Å². The van der Waals surface area contributed by atoms with E-state index >= 15 is 0 Å². The van der Waals surface area contributed by atoms with Crippen LogP contribution in [-0.2, 0) is 4.74 Å². The lowest BCUT2D eigenvalue weighted by Gasteiger charge is -2.31. The molecule has 17 heavy (non-hydrogen) atoms. The van der Waals surface area contributed by atoms with Crippen molar-refractivity contribution in [1.29, 1.82) is 0 Å². The van der Waals surface area contributed by atoms with Gasteiger partial charge >= 0.3 is 5.97 Å². The van der Waals surface area contributed by atoms with Gasteiger partial charge in [-0.15, -0.1) is 0 Å². The van der Waals surface area contributed by atoms with E-state index in [2.05, 4.69) is 16.8 Å². The molecule has 92 valence electrons. The fourth-order valence-electron chi connectivity index (χ4n) is 2.14. The van der Waals surface area contributed by atoms with Crippen LogP contribution in [-0.4, -0.2) is 31.2 Å². The molecule has 4 heteroatoms. The van der Waals surface area contributed by atoms with Crippen LogP contribution in [0.25, 0.3) is 0 Å². The number of carbonyl (C=O) groups is 1. The number of pyridine rings is 1. The molecular formula is C13H18N2O2. The molecule has 0 atom stereocenters. The second-order valence-corrected chi connectivity index (χ2v) is 4.54. The number of anilines is 1. The fraction of sp³-hybridized carbons (Fsp3) is 0.538. The zero-order valence-corrected chi connectivity index (χ0v) is 10.3. The van der Waals surface area contributed by atoms with Crippen LogP contribution in [0.15, 0.2) is 18.3 Å². The molecule has 4 nitrogen and oxygen atoms in total. The SMILES string of the molecule is COC(=O)c1cccnc1N1CCC(C)CC1. The molecule has 0 N–H and O–H groups in total. The Bertz CT molecular complexity index is 398. The minimum absolute atomic E-state index is 0.313. The van der Waals surface area contributed by atoms with E-state index in [1.807, 2.05) is 0 Å². The zero-order valence-electron chi connectivity index (χ0n) is 10.3. The smallest absolute Gasteiger partial charge is 0.341 e. The molecule has 0 saturated carbocycles. The molecule has 0 aliphatic carbocycles. The van der Waals surface area contributed by atoms with Crippen molar-refractivity contribution in [3.63, 3.8) is 0 Å². The van der Waals surface area contributed by atoms with Crippen LogP contribution in [0.4, 0.5) is 5.82 Å². The molecule has 1 aliphatic heterocycles. The highest BCUT2D eigenvalue weighted by Gasteiger charge is 2.22. The third-order valence-corrected chi connectivity index (χ3v) is 3.28. The Morgan fingerprint density at radius 3 is 2.82 bits per heavy atom. The second kappa shape index (κ2) is 5.17. The highest BCUT2D eigenvalue weighted by Crippen LogP contribution is 2.24. The quantitative estimate of drug-likeness (QED) is 0.735. The summed E-state index contributed by atoms with van der Waals surface area (Å²) in [7, 11) is 1.40. The van der Waals surface area contributed by atoms with Crippen molar-refractivity contribution in [2.24, 2.45) is 5.92 Å². The van der Waals surface area contributed by atoms with Gasteiger partial charge in [-0.3, -0.25) is 0 Å². The van der Waals surface area contributed by atoms with Gasteiger partial charge in [-0.1, -0.05) is 6.92 Å². The van der Waals surface area contributed by atoms with E-state index in [9.17, 15) is 4.79 Å². The lowest BCUT2D eigenvalue weighted by molar-refractivity contribution is 0.0601. The maximum absolute atomic E-state index is 11.7. The minimum Gasteiger partial charge on any atom is -0.465 e. The summed E-state index contributed by atoms with van der Waals surface area (Å²) in [5, 5.41) is 0. The molecule has 1 aliphatic rings. The monoisotopic (exact) mass is 234 g/mol. The average molecular weight is 234 g/mol. The van der Waals surface area contributed by atoms with Crippen LogP contribution in [0.3, 0.4) is 0 Å². The largest absolute Gasteiger partial charge is 0.465 e. The number of carbonyl (C=O) groups excluding carboxylic acids is 1. The Labute approximate surface area is 102 Å². The Balaban J connectivity index is 2.23. The summed E-state index contributed by atoms with van der Waals surface area (Å²) in [5.74, 6) is 1.20. The van der Waals surface area contributed by atoms with Gasteiger partial charge in [0.2, 0.25) is 0 Å². The van der Waals surface area contributed by atoms with Crippen LogP contribution in [0, 0.1) is 5.92 Å². The van der Waals surface area contributed by atoms with Gasteiger partial charge in [0.15, 0.2) is 0 Å². The first-order valence-electron chi connectivity index (χ1n) is 6.00. The van der Waals surface area contributed by atoms with Gasteiger partial charge < -0.3 is 9.64 Å². The molecule has 1 saturated heterocycles. The van der Waals surface area contributed by atoms with Crippen molar-refractivity contribution >= 4 is 11.8 Å². The summed E-state index contributed by atoms with van der Waals surface area (Å²) < 4.78 is 4.78. The molecule has 0 radical (unpaired) electrons. The number of piperidine rings is 1. The van der Waals surface area contributed by atoms with Crippen molar-refractivity contribution in [1.82, 2.24) is 4.98 Å². The van der Waals surface area contributed by atoms with Crippen molar-refractivity contribution in [2.45, 2.75) is 19.8 Å². The lowest BCUT2D eigenvalue weighted by atomic mass is 9.99. The number of hydrogen-bond donors (Lipinski definition) is 0. The van der Waals surface area contributed by atoms with E-state index in [-0.39, 0.29) is 5.97 Å². The summed E-state index contributed by atoms with van der Waals surface area (Å²) in [5.41, 5.74) is 0.560.